The van der Waals surface area contributed by atoms with Gasteiger partial charge in [0.1, 0.15) is 5.76 Å². The van der Waals surface area contributed by atoms with Gasteiger partial charge in [-0.1, -0.05) is 24.4 Å². The normalized spacial score (nSPS) is 18.2. The van der Waals surface area contributed by atoms with Crippen LogP contribution < -0.4 is 5.32 Å². The van der Waals surface area contributed by atoms with Crippen LogP contribution in [0.1, 0.15) is 50.5 Å². The van der Waals surface area contributed by atoms with Crippen molar-refractivity contribution in [1.82, 2.24) is 15.4 Å². The van der Waals surface area contributed by atoms with Crippen molar-refractivity contribution in [3.05, 3.63) is 17.5 Å². The molecule has 1 unspecified atom stereocenters. The van der Waals surface area contributed by atoms with Crippen molar-refractivity contribution < 1.29 is 9.32 Å². The molecule has 5 heteroatoms. The summed E-state index contributed by atoms with van der Waals surface area (Å²) in [4.78, 5) is 14.2. The molecule has 1 fully saturated rings. The third kappa shape index (κ3) is 4.07. The van der Waals surface area contributed by atoms with Gasteiger partial charge in [-0.2, -0.15) is 0 Å². The summed E-state index contributed by atoms with van der Waals surface area (Å²) in [6, 6.07) is 2.11. The Morgan fingerprint density at radius 2 is 2.20 bits per heavy atom. The Labute approximate surface area is 120 Å². The highest BCUT2D eigenvalue weighted by Crippen LogP contribution is 2.17. The Morgan fingerprint density at radius 1 is 1.50 bits per heavy atom. The second kappa shape index (κ2) is 6.88. The Hall–Kier alpha value is -1.36. The monoisotopic (exact) mass is 279 g/mol. The molecule has 1 aromatic rings. The number of nitrogens with zero attached hydrogens (tertiary/aromatic N) is 2. The first-order chi connectivity index (χ1) is 9.56. The maximum Gasteiger partial charge on any atom is 0.237 e. The Kier molecular flexibility index (Phi) is 5.17. The van der Waals surface area contributed by atoms with E-state index >= 15 is 0 Å². The van der Waals surface area contributed by atoms with Gasteiger partial charge in [0.25, 0.3) is 0 Å². The minimum Gasteiger partial charge on any atom is -0.361 e. The molecule has 0 saturated heterocycles. The van der Waals surface area contributed by atoms with Crippen LogP contribution in [0.5, 0.6) is 0 Å². The molecule has 2 rings (SSSR count). The molecule has 0 aromatic carbocycles. The summed E-state index contributed by atoms with van der Waals surface area (Å²) in [6.07, 6.45) is 5.99. The lowest BCUT2D eigenvalue weighted by molar-refractivity contribution is -0.126. The average molecular weight is 279 g/mol. The lowest BCUT2D eigenvalue weighted by Gasteiger charge is -2.27. The van der Waals surface area contributed by atoms with Crippen LogP contribution >= 0.6 is 0 Å². The fraction of sp³-hybridized carbons (Fsp3) is 0.733. The number of aromatic nitrogens is 1. The molecule has 1 N–H and O–H groups in total. The predicted molar refractivity (Wildman–Crippen MR) is 77.2 cm³/mol. The highest BCUT2D eigenvalue weighted by atomic mass is 16.5. The SMILES string of the molecule is Cc1cc(CN(C)C(C)C(=O)NC2CCCCC2)no1. The molecule has 1 aliphatic rings. The third-order valence-corrected chi connectivity index (χ3v) is 4.08. The molecule has 1 atom stereocenters. The second-order valence-electron chi connectivity index (χ2n) is 5.86. The quantitative estimate of drug-likeness (QED) is 0.898. The molecule has 0 aliphatic heterocycles. The Balaban J connectivity index is 1.82. The zero-order chi connectivity index (χ0) is 14.5. The molecule has 5 nitrogen and oxygen atoms in total. The van der Waals surface area contributed by atoms with Gasteiger partial charge in [-0.05, 0) is 33.7 Å². The van der Waals surface area contributed by atoms with Gasteiger partial charge in [0.2, 0.25) is 5.91 Å². The topological polar surface area (TPSA) is 58.4 Å². The van der Waals surface area contributed by atoms with E-state index in [1.165, 1.54) is 19.3 Å². The number of nitrogens with one attached hydrogen (secondary N) is 1. The minimum atomic E-state index is -0.158. The molecular formula is C15H25N3O2. The number of hydrogen-bond acceptors (Lipinski definition) is 4. The molecule has 20 heavy (non-hydrogen) atoms. The fourth-order valence-corrected chi connectivity index (χ4v) is 2.65. The molecule has 0 radical (unpaired) electrons. The van der Waals surface area contributed by atoms with E-state index in [0.717, 1.165) is 24.3 Å². The molecule has 0 bridgehead atoms. The van der Waals surface area contributed by atoms with E-state index in [9.17, 15) is 4.79 Å². The van der Waals surface area contributed by atoms with Crippen LogP contribution in [0.25, 0.3) is 0 Å². The molecular weight excluding hydrogens is 254 g/mol. The summed E-state index contributed by atoms with van der Waals surface area (Å²) >= 11 is 0. The van der Waals surface area contributed by atoms with E-state index in [1.54, 1.807) is 0 Å². The first kappa shape index (κ1) is 15.0. The zero-order valence-corrected chi connectivity index (χ0v) is 12.7. The van der Waals surface area contributed by atoms with E-state index < -0.39 is 0 Å². The summed E-state index contributed by atoms with van der Waals surface area (Å²) in [5, 5.41) is 7.13. The van der Waals surface area contributed by atoms with Crippen LogP contribution in [0.2, 0.25) is 0 Å². The number of amides is 1. The van der Waals surface area contributed by atoms with E-state index in [0.29, 0.717) is 12.6 Å². The zero-order valence-electron chi connectivity index (χ0n) is 12.7. The van der Waals surface area contributed by atoms with Crippen LogP contribution in [0, 0.1) is 6.92 Å². The molecule has 112 valence electrons. The second-order valence-corrected chi connectivity index (χ2v) is 5.86. The number of rotatable bonds is 5. The first-order valence-corrected chi connectivity index (χ1v) is 7.49. The third-order valence-electron chi connectivity index (χ3n) is 4.08. The summed E-state index contributed by atoms with van der Waals surface area (Å²) in [6.45, 7) is 4.43. The van der Waals surface area contributed by atoms with E-state index in [1.807, 2.05) is 31.9 Å². The van der Waals surface area contributed by atoms with Crippen LogP contribution in [0.3, 0.4) is 0 Å². The number of carbonyl (C=O) groups excluding carboxylic acids is 1. The van der Waals surface area contributed by atoms with Crippen molar-refractivity contribution in [2.75, 3.05) is 7.05 Å². The maximum atomic E-state index is 12.3. The summed E-state index contributed by atoms with van der Waals surface area (Å²) in [5.41, 5.74) is 0.863. The van der Waals surface area contributed by atoms with Crippen molar-refractivity contribution in [2.24, 2.45) is 0 Å². The van der Waals surface area contributed by atoms with Crippen LogP contribution in [0.4, 0.5) is 0 Å². The fourth-order valence-electron chi connectivity index (χ4n) is 2.65. The van der Waals surface area contributed by atoms with Gasteiger partial charge in [0.15, 0.2) is 0 Å². The highest BCUT2D eigenvalue weighted by molar-refractivity contribution is 5.81. The maximum absolute atomic E-state index is 12.3. The molecule has 1 saturated carbocycles. The number of aryl methyl sites for hydroxylation is 1. The van der Waals surface area contributed by atoms with Crippen molar-refractivity contribution >= 4 is 5.91 Å². The van der Waals surface area contributed by atoms with Gasteiger partial charge in [-0.3, -0.25) is 9.69 Å². The summed E-state index contributed by atoms with van der Waals surface area (Å²) < 4.78 is 5.05. The average Bonchev–Trinajstić information content (AvgIpc) is 2.84. The van der Waals surface area contributed by atoms with Gasteiger partial charge in [0, 0.05) is 18.7 Å². The van der Waals surface area contributed by atoms with Crippen LogP contribution in [-0.4, -0.2) is 35.1 Å². The number of likely N-dealkylation sites (N-methyl/N-ethyl adjacent to an activating group) is 1. The minimum absolute atomic E-state index is 0.111. The van der Waals surface area contributed by atoms with Crippen molar-refractivity contribution in [3.8, 4) is 0 Å². The van der Waals surface area contributed by atoms with Gasteiger partial charge in [0.05, 0.1) is 11.7 Å². The largest absolute Gasteiger partial charge is 0.361 e. The first-order valence-electron chi connectivity index (χ1n) is 7.49. The molecule has 1 aromatic heterocycles. The van der Waals surface area contributed by atoms with Crippen LogP contribution in [0.15, 0.2) is 10.6 Å². The molecule has 0 spiro atoms. The summed E-state index contributed by atoms with van der Waals surface area (Å²) in [7, 11) is 1.94. The van der Waals surface area contributed by atoms with Crippen molar-refractivity contribution in [2.45, 2.75) is 64.6 Å². The standard InChI is InChI=1S/C15H25N3O2/c1-11-9-14(17-20-11)10-18(3)12(2)15(19)16-13-7-5-4-6-8-13/h9,12-13H,4-8,10H2,1-3H3,(H,16,19). The predicted octanol–water partition coefficient (Wildman–Crippen LogP) is 2.25. The molecule has 1 aliphatic carbocycles. The van der Waals surface area contributed by atoms with Gasteiger partial charge in [-0.25, -0.2) is 0 Å². The van der Waals surface area contributed by atoms with Crippen molar-refractivity contribution in [3.63, 3.8) is 0 Å². The Bertz CT molecular complexity index is 438. The molecule has 1 heterocycles. The number of carbonyl (C=O) groups is 1. The van der Waals surface area contributed by atoms with Gasteiger partial charge >= 0.3 is 0 Å². The highest BCUT2D eigenvalue weighted by Gasteiger charge is 2.22. The van der Waals surface area contributed by atoms with E-state index in [4.69, 9.17) is 4.52 Å². The smallest absolute Gasteiger partial charge is 0.237 e. The van der Waals surface area contributed by atoms with E-state index in [2.05, 4.69) is 10.5 Å². The lowest BCUT2D eigenvalue weighted by atomic mass is 9.95. The Morgan fingerprint density at radius 3 is 2.80 bits per heavy atom. The number of hydrogen-bond donors (Lipinski definition) is 1. The summed E-state index contributed by atoms with van der Waals surface area (Å²) in [5.74, 6) is 0.910. The van der Waals surface area contributed by atoms with Crippen molar-refractivity contribution in [1.29, 1.82) is 0 Å². The van der Waals surface area contributed by atoms with Gasteiger partial charge in [-0.15, -0.1) is 0 Å². The van der Waals surface area contributed by atoms with E-state index in [-0.39, 0.29) is 11.9 Å². The molecule has 1 amide bonds. The van der Waals surface area contributed by atoms with Crippen LogP contribution in [-0.2, 0) is 11.3 Å². The lowest BCUT2D eigenvalue weighted by Crippen LogP contribution is -2.47. The van der Waals surface area contributed by atoms with Gasteiger partial charge < -0.3 is 9.84 Å².